The highest BCUT2D eigenvalue weighted by molar-refractivity contribution is 6.09. The number of rotatable bonds is 6. The summed E-state index contributed by atoms with van der Waals surface area (Å²) in [5, 5.41) is 7.21. The van der Waals surface area contributed by atoms with Gasteiger partial charge < -0.3 is 4.74 Å². The lowest BCUT2D eigenvalue weighted by Gasteiger charge is -2.21. The third-order valence-electron chi connectivity index (χ3n) is 9.81. The Labute approximate surface area is 283 Å². The van der Waals surface area contributed by atoms with E-state index in [-0.39, 0.29) is 5.41 Å². The fraction of sp³-hybridized carbons (Fsp3) is 0.256. The first-order chi connectivity index (χ1) is 22.9. The van der Waals surface area contributed by atoms with Gasteiger partial charge in [-0.3, -0.25) is 4.57 Å². The Morgan fingerprint density at radius 3 is 2.19 bits per heavy atom. The number of aromatic nitrogens is 4. The highest BCUT2D eigenvalue weighted by atomic mass is 16.5. The molecule has 5 heteroatoms. The molecule has 0 saturated heterocycles. The standard InChI is InChI=1S/C43H44N4O/c1-26(2)31-16-17-44-41(19-31)47-39-13-11-10-12-37(39)38-15-14-35(23-40(38)47)48-36-21-33(43(7,8)9)20-34(22-36)46-25-32(24-45-46)42-29(5)27(3)18-28(4)30(42)6/h10-26H,1-9H3. The normalized spacial score (nSPS) is 12.0. The minimum Gasteiger partial charge on any atom is -0.457 e. The molecule has 0 radical (unpaired) electrons. The van der Waals surface area contributed by atoms with Crippen LogP contribution in [0.4, 0.5) is 0 Å². The molecule has 4 aromatic carbocycles. The average Bonchev–Trinajstić information content (AvgIpc) is 3.67. The van der Waals surface area contributed by atoms with Crippen LogP contribution in [0.25, 0.3) is 44.4 Å². The lowest BCUT2D eigenvalue weighted by atomic mass is 9.86. The number of nitrogens with zero attached hydrogens (tertiary/aromatic N) is 4. The van der Waals surface area contributed by atoms with E-state index in [0.717, 1.165) is 39.6 Å². The second-order valence-corrected chi connectivity index (χ2v) is 14.5. The van der Waals surface area contributed by atoms with Gasteiger partial charge in [-0.15, -0.1) is 0 Å². The van der Waals surface area contributed by atoms with E-state index in [1.165, 1.54) is 49.7 Å². The quantitative estimate of drug-likeness (QED) is 0.183. The molecule has 242 valence electrons. The lowest BCUT2D eigenvalue weighted by molar-refractivity contribution is 0.478. The van der Waals surface area contributed by atoms with Crippen LogP contribution in [0.1, 0.15) is 73.9 Å². The molecule has 0 unspecified atom stereocenters. The van der Waals surface area contributed by atoms with Gasteiger partial charge in [0, 0.05) is 40.9 Å². The third-order valence-corrected chi connectivity index (χ3v) is 9.81. The fourth-order valence-electron chi connectivity index (χ4n) is 6.76. The van der Waals surface area contributed by atoms with Crippen LogP contribution in [-0.2, 0) is 5.41 Å². The van der Waals surface area contributed by atoms with Crippen molar-refractivity contribution in [2.75, 3.05) is 0 Å². The topological polar surface area (TPSA) is 44.9 Å². The van der Waals surface area contributed by atoms with Crippen molar-refractivity contribution in [1.82, 2.24) is 19.3 Å². The molecular formula is C43H44N4O. The van der Waals surface area contributed by atoms with Crippen LogP contribution in [0, 0.1) is 27.7 Å². The molecule has 0 amide bonds. The van der Waals surface area contributed by atoms with E-state index in [1.54, 1.807) is 0 Å². The van der Waals surface area contributed by atoms with Gasteiger partial charge in [-0.1, -0.05) is 58.9 Å². The fourth-order valence-corrected chi connectivity index (χ4v) is 6.76. The number of hydrogen-bond acceptors (Lipinski definition) is 3. The zero-order valence-corrected chi connectivity index (χ0v) is 29.5. The molecule has 0 saturated carbocycles. The Bertz CT molecular complexity index is 2300. The van der Waals surface area contributed by atoms with Crippen LogP contribution in [0.2, 0.25) is 0 Å². The van der Waals surface area contributed by atoms with E-state index in [1.807, 2.05) is 17.1 Å². The first-order valence-corrected chi connectivity index (χ1v) is 16.8. The average molecular weight is 633 g/mol. The van der Waals surface area contributed by atoms with Gasteiger partial charge in [0.05, 0.1) is 22.9 Å². The second-order valence-electron chi connectivity index (χ2n) is 14.5. The largest absolute Gasteiger partial charge is 0.457 e. The summed E-state index contributed by atoms with van der Waals surface area (Å²) < 4.78 is 10.9. The van der Waals surface area contributed by atoms with Gasteiger partial charge in [-0.25, -0.2) is 9.67 Å². The molecule has 5 nitrogen and oxygen atoms in total. The van der Waals surface area contributed by atoms with E-state index in [9.17, 15) is 0 Å². The Kier molecular flexibility index (Phi) is 7.74. The van der Waals surface area contributed by atoms with Crippen molar-refractivity contribution in [3.8, 4) is 34.1 Å². The molecule has 0 aliphatic heterocycles. The maximum Gasteiger partial charge on any atom is 0.137 e. The third kappa shape index (κ3) is 5.57. The molecule has 7 rings (SSSR count). The Balaban J connectivity index is 1.33. The Hall–Kier alpha value is -5.16. The summed E-state index contributed by atoms with van der Waals surface area (Å²) in [5.74, 6) is 2.86. The zero-order chi connectivity index (χ0) is 33.9. The van der Waals surface area contributed by atoms with Crippen molar-refractivity contribution >= 4 is 21.8 Å². The number of fused-ring (bicyclic) bond motifs is 3. The van der Waals surface area contributed by atoms with Gasteiger partial charge in [0.25, 0.3) is 0 Å². The number of pyridine rings is 1. The SMILES string of the molecule is Cc1cc(C)c(C)c(-c2cnn(-c3cc(Oc4ccc5c6ccccc6n(-c6cc(C(C)C)ccn6)c5c4)cc(C(C)(C)C)c3)c2)c1C. The molecule has 0 aliphatic rings. The molecule has 0 aliphatic carbocycles. The van der Waals surface area contributed by atoms with Gasteiger partial charge in [-0.05, 0) is 120 Å². The maximum atomic E-state index is 6.72. The first-order valence-electron chi connectivity index (χ1n) is 16.8. The minimum atomic E-state index is -0.0889. The summed E-state index contributed by atoms with van der Waals surface area (Å²) in [6.45, 7) is 19.9. The van der Waals surface area contributed by atoms with E-state index in [4.69, 9.17) is 14.8 Å². The predicted molar refractivity (Wildman–Crippen MR) is 199 cm³/mol. The molecule has 0 N–H and O–H groups in total. The molecule has 0 spiro atoms. The van der Waals surface area contributed by atoms with Gasteiger partial charge in [-0.2, -0.15) is 5.10 Å². The lowest BCUT2D eigenvalue weighted by Crippen LogP contribution is -2.12. The van der Waals surface area contributed by atoms with Crippen LogP contribution in [0.15, 0.2) is 97.5 Å². The van der Waals surface area contributed by atoms with E-state index in [0.29, 0.717) is 5.92 Å². The van der Waals surface area contributed by atoms with Gasteiger partial charge in [0.1, 0.15) is 17.3 Å². The summed E-state index contributed by atoms with van der Waals surface area (Å²) in [4.78, 5) is 4.82. The molecule has 0 atom stereocenters. The van der Waals surface area contributed by atoms with Crippen molar-refractivity contribution in [2.24, 2.45) is 0 Å². The van der Waals surface area contributed by atoms with E-state index in [2.05, 4.69) is 152 Å². The molecule has 7 aromatic rings. The molecular weight excluding hydrogens is 589 g/mol. The second kappa shape index (κ2) is 11.8. The zero-order valence-electron chi connectivity index (χ0n) is 29.5. The van der Waals surface area contributed by atoms with Crippen molar-refractivity contribution < 1.29 is 4.74 Å². The van der Waals surface area contributed by atoms with E-state index < -0.39 is 0 Å². The maximum absolute atomic E-state index is 6.72. The van der Waals surface area contributed by atoms with Crippen LogP contribution < -0.4 is 4.74 Å². The van der Waals surface area contributed by atoms with Crippen LogP contribution in [-0.4, -0.2) is 19.3 Å². The number of para-hydroxylation sites is 1. The molecule has 3 aromatic heterocycles. The first kappa shape index (κ1) is 31.4. The monoisotopic (exact) mass is 632 g/mol. The summed E-state index contributed by atoms with van der Waals surface area (Å²) in [7, 11) is 0. The van der Waals surface area contributed by atoms with Crippen molar-refractivity contribution in [3.05, 3.63) is 131 Å². The molecule has 0 bridgehead atoms. The van der Waals surface area contributed by atoms with E-state index >= 15 is 0 Å². The summed E-state index contributed by atoms with van der Waals surface area (Å²) >= 11 is 0. The van der Waals surface area contributed by atoms with Gasteiger partial charge in [0.2, 0.25) is 0 Å². The highest BCUT2D eigenvalue weighted by Crippen LogP contribution is 2.38. The molecule has 0 fully saturated rings. The number of hydrogen-bond donors (Lipinski definition) is 0. The summed E-state index contributed by atoms with van der Waals surface area (Å²) in [6.07, 6.45) is 6.03. The minimum absolute atomic E-state index is 0.0889. The van der Waals surface area contributed by atoms with Crippen molar-refractivity contribution in [3.63, 3.8) is 0 Å². The Morgan fingerprint density at radius 1 is 0.729 bits per heavy atom. The van der Waals surface area contributed by atoms with Gasteiger partial charge >= 0.3 is 0 Å². The number of aryl methyl sites for hydroxylation is 2. The van der Waals surface area contributed by atoms with Crippen LogP contribution in [0.3, 0.4) is 0 Å². The molecule has 3 heterocycles. The number of ether oxygens (including phenoxy) is 1. The van der Waals surface area contributed by atoms with Crippen LogP contribution in [0.5, 0.6) is 11.5 Å². The number of benzene rings is 4. The molecule has 48 heavy (non-hydrogen) atoms. The highest BCUT2D eigenvalue weighted by Gasteiger charge is 2.20. The summed E-state index contributed by atoms with van der Waals surface area (Å²) in [5.41, 5.74) is 13.1. The summed E-state index contributed by atoms with van der Waals surface area (Å²) in [6, 6.07) is 27.9. The smallest absolute Gasteiger partial charge is 0.137 e. The van der Waals surface area contributed by atoms with Crippen molar-refractivity contribution in [1.29, 1.82) is 0 Å². The predicted octanol–water partition coefficient (Wildman–Crippen LogP) is 11.5. The van der Waals surface area contributed by atoms with Crippen LogP contribution >= 0.6 is 0 Å². The Morgan fingerprint density at radius 2 is 1.46 bits per heavy atom. The van der Waals surface area contributed by atoms with Gasteiger partial charge in [0.15, 0.2) is 0 Å². The van der Waals surface area contributed by atoms with Crippen molar-refractivity contribution in [2.45, 2.75) is 73.6 Å².